The van der Waals surface area contributed by atoms with E-state index in [1.165, 1.54) is 5.56 Å². The Morgan fingerprint density at radius 1 is 0.939 bits per heavy atom. The van der Waals surface area contributed by atoms with Crippen LogP contribution < -0.4 is 10.2 Å². The van der Waals surface area contributed by atoms with E-state index in [1.54, 1.807) is 12.3 Å². The minimum atomic E-state index is -0.176. The Kier molecular flexibility index (Phi) is 5.38. The van der Waals surface area contributed by atoms with Gasteiger partial charge < -0.3 is 19.9 Å². The monoisotopic (exact) mass is 454 g/mol. The molecule has 166 valence electrons. The summed E-state index contributed by atoms with van der Waals surface area (Å²) in [6, 6.07) is 23.6. The van der Waals surface area contributed by atoms with Gasteiger partial charge in [-0.15, -0.1) is 0 Å². The van der Waals surface area contributed by atoms with Gasteiger partial charge in [0.2, 0.25) is 0 Å². The molecule has 5 rings (SSSR count). The van der Waals surface area contributed by atoms with Crippen molar-refractivity contribution in [2.75, 3.05) is 4.90 Å². The van der Waals surface area contributed by atoms with E-state index in [0.29, 0.717) is 10.8 Å². The summed E-state index contributed by atoms with van der Waals surface area (Å²) in [5.74, 6) is 0.195. The zero-order valence-electron chi connectivity index (χ0n) is 18.9. The van der Waals surface area contributed by atoms with Crippen LogP contribution in [-0.2, 0) is 0 Å². The second-order valence-corrected chi connectivity index (χ2v) is 8.87. The lowest BCUT2D eigenvalue weighted by Gasteiger charge is -2.28. The predicted molar refractivity (Wildman–Crippen MR) is 136 cm³/mol. The van der Waals surface area contributed by atoms with Crippen molar-refractivity contribution < 1.29 is 5.11 Å². The molecule has 0 spiro atoms. The predicted octanol–water partition coefficient (Wildman–Crippen LogP) is 5.68. The first kappa shape index (κ1) is 21.2. The molecule has 5 nitrogen and oxygen atoms in total. The fraction of sp³-hybridized carbons (Fsp3) is 0.185. The molecule has 1 fully saturated rings. The molecule has 3 heterocycles. The van der Waals surface area contributed by atoms with E-state index >= 15 is 0 Å². The molecule has 2 aromatic carbocycles. The number of rotatable bonds is 4. The lowest BCUT2D eigenvalue weighted by molar-refractivity contribution is 0.472. The molecule has 4 aromatic rings. The Labute approximate surface area is 199 Å². The summed E-state index contributed by atoms with van der Waals surface area (Å²) in [6.45, 7) is 6.37. The molecule has 0 aliphatic carbocycles. The van der Waals surface area contributed by atoms with E-state index in [4.69, 9.17) is 12.2 Å². The second kappa shape index (κ2) is 8.37. The highest BCUT2D eigenvalue weighted by molar-refractivity contribution is 7.80. The van der Waals surface area contributed by atoms with E-state index in [9.17, 15) is 5.11 Å². The lowest BCUT2D eigenvalue weighted by atomic mass is 9.96. The Balaban J connectivity index is 1.70. The quantitative estimate of drug-likeness (QED) is 0.389. The molecule has 0 bridgehead atoms. The molecule has 2 N–H and O–H groups in total. The van der Waals surface area contributed by atoms with Gasteiger partial charge in [-0.2, -0.15) is 0 Å². The maximum Gasteiger partial charge on any atom is 0.174 e. The van der Waals surface area contributed by atoms with Crippen LogP contribution in [-0.4, -0.2) is 19.8 Å². The van der Waals surface area contributed by atoms with Crippen molar-refractivity contribution >= 4 is 23.0 Å². The van der Waals surface area contributed by atoms with Crippen molar-refractivity contribution in [3.8, 4) is 11.4 Å². The van der Waals surface area contributed by atoms with Crippen LogP contribution in [0.4, 0.5) is 5.69 Å². The molecule has 2 aromatic heterocycles. The van der Waals surface area contributed by atoms with Gasteiger partial charge in [-0.1, -0.05) is 30.3 Å². The second-order valence-electron chi connectivity index (χ2n) is 8.49. The smallest absolute Gasteiger partial charge is 0.174 e. The first-order valence-corrected chi connectivity index (χ1v) is 11.4. The minimum absolute atomic E-state index is 0.162. The van der Waals surface area contributed by atoms with Crippen LogP contribution in [0.15, 0.2) is 79.0 Å². The number of hydrogen-bond donors (Lipinski definition) is 2. The lowest BCUT2D eigenvalue weighted by Crippen LogP contribution is -2.29. The average molecular weight is 455 g/mol. The number of nitrogens with zero attached hydrogens (tertiary/aromatic N) is 3. The van der Waals surface area contributed by atoms with Gasteiger partial charge in [0.05, 0.1) is 23.5 Å². The number of benzene rings is 2. The van der Waals surface area contributed by atoms with E-state index in [2.05, 4.69) is 66.0 Å². The number of phenols is 1. The Morgan fingerprint density at radius 3 is 2.45 bits per heavy atom. The zero-order valence-corrected chi connectivity index (χ0v) is 19.7. The van der Waals surface area contributed by atoms with E-state index < -0.39 is 0 Å². The molecule has 1 aliphatic rings. The standard InChI is InChI=1S/C27H26N4OS/c1-17-9-8-10-20(15-17)30-18(2)16-21(19(30)3)26-25(22-11-6-7-14-28-22)29-27(33)31(26)23-12-4-5-13-24(23)32/h4-16,25-26,32H,1-3H3,(H,29,33)/t25-,26+/m1/s1. The highest BCUT2D eigenvalue weighted by Crippen LogP contribution is 2.45. The number of anilines is 1. The van der Waals surface area contributed by atoms with Gasteiger partial charge >= 0.3 is 0 Å². The van der Waals surface area contributed by atoms with E-state index in [0.717, 1.165) is 28.3 Å². The van der Waals surface area contributed by atoms with Gasteiger partial charge in [0.25, 0.3) is 0 Å². The number of aromatic hydroxyl groups is 1. The molecule has 33 heavy (non-hydrogen) atoms. The first-order valence-electron chi connectivity index (χ1n) is 11.0. The average Bonchev–Trinajstić information content (AvgIpc) is 3.30. The summed E-state index contributed by atoms with van der Waals surface area (Å²) in [5, 5.41) is 14.7. The summed E-state index contributed by atoms with van der Waals surface area (Å²) < 4.78 is 2.28. The topological polar surface area (TPSA) is 53.3 Å². The zero-order chi connectivity index (χ0) is 23.1. The van der Waals surface area contributed by atoms with Crippen LogP contribution in [0.25, 0.3) is 5.69 Å². The van der Waals surface area contributed by atoms with Crippen LogP contribution in [0, 0.1) is 20.8 Å². The number of aromatic nitrogens is 2. The van der Waals surface area contributed by atoms with Gasteiger partial charge in [-0.25, -0.2) is 0 Å². The molecular formula is C27H26N4OS. The van der Waals surface area contributed by atoms with Crippen LogP contribution >= 0.6 is 12.2 Å². The van der Waals surface area contributed by atoms with Crippen molar-refractivity contribution in [1.29, 1.82) is 0 Å². The highest BCUT2D eigenvalue weighted by Gasteiger charge is 2.43. The van der Waals surface area contributed by atoms with Crippen LogP contribution in [0.1, 0.15) is 40.3 Å². The van der Waals surface area contributed by atoms with E-state index in [-0.39, 0.29) is 17.8 Å². The highest BCUT2D eigenvalue weighted by atomic mass is 32.1. The molecular weight excluding hydrogens is 428 g/mol. The number of pyridine rings is 1. The first-order chi connectivity index (χ1) is 16.0. The van der Waals surface area contributed by atoms with Crippen molar-refractivity contribution in [3.63, 3.8) is 0 Å². The SMILES string of the molecule is Cc1cccc(-n2c(C)cc([C@H]3[C@@H](c4ccccn4)NC(=S)N3c3ccccc3O)c2C)c1. The van der Waals surface area contributed by atoms with Crippen LogP contribution in [0.3, 0.4) is 0 Å². The number of aryl methyl sites for hydroxylation is 2. The van der Waals surface area contributed by atoms with Gasteiger partial charge in [0, 0.05) is 23.3 Å². The fourth-order valence-corrected chi connectivity index (χ4v) is 5.19. The normalized spacial score (nSPS) is 17.9. The Hall–Kier alpha value is -3.64. The molecule has 6 heteroatoms. The third kappa shape index (κ3) is 3.66. The molecule has 0 amide bonds. The summed E-state index contributed by atoms with van der Waals surface area (Å²) in [6.07, 6.45) is 1.80. The van der Waals surface area contributed by atoms with Gasteiger partial charge in [0.15, 0.2) is 5.11 Å². The molecule has 1 aliphatic heterocycles. The number of hydrogen-bond acceptors (Lipinski definition) is 3. The molecule has 2 atom stereocenters. The molecule has 0 radical (unpaired) electrons. The summed E-state index contributed by atoms with van der Waals surface area (Å²) in [7, 11) is 0. The largest absolute Gasteiger partial charge is 0.506 e. The Morgan fingerprint density at radius 2 is 1.73 bits per heavy atom. The molecule has 1 saturated heterocycles. The Bertz CT molecular complexity index is 1330. The number of nitrogens with one attached hydrogen (secondary N) is 1. The minimum Gasteiger partial charge on any atom is -0.506 e. The number of phenolic OH excluding ortho intramolecular Hbond substituents is 1. The fourth-order valence-electron chi connectivity index (χ4n) is 4.85. The summed E-state index contributed by atoms with van der Waals surface area (Å²) in [4.78, 5) is 6.65. The third-order valence-electron chi connectivity index (χ3n) is 6.29. The molecule has 0 saturated carbocycles. The van der Waals surface area contributed by atoms with Crippen LogP contribution in [0.2, 0.25) is 0 Å². The van der Waals surface area contributed by atoms with E-state index in [1.807, 2.05) is 41.3 Å². The van der Waals surface area contributed by atoms with Crippen molar-refractivity contribution in [1.82, 2.24) is 14.9 Å². The summed E-state index contributed by atoms with van der Waals surface area (Å²) >= 11 is 5.80. The van der Waals surface area contributed by atoms with Gasteiger partial charge in [-0.3, -0.25) is 4.98 Å². The van der Waals surface area contributed by atoms with Gasteiger partial charge in [0.1, 0.15) is 5.75 Å². The summed E-state index contributed by atoms with van der Waals surface area (Å²) in [5.41, 5.74) is 7.35. The van der Waals surface area contributed by atoms with Gasteiger partial charge in [-0.05, 0) is 86.6 Å². The van der Waals surface area contributed by atoms with Crippen molar-refractivity contribution in [3.05, 3.63) is 107 Å². The van der Waals surface area contributed by atoms with Crippen LogP contribution in [0.5, 0.6) is 5.75 Å². The number of para-hydroxylation sites is 2. The van der Waals surface area contributed by atoms with Crippen molar-refractivity contribution in [2.45, 2.75) is 32.9 Å². The third-order valence-corrected chi connectivity index (χ3v) is 6.60. The maximum atomic E-state index is 10.7. The number of thiocarbonyl (C=S) groups is 1. The molecule has 0 unspecified atom stereocenters. The maximum absolute atomic E-state index is 10.7. The van der Waals surface area contributed by atoms with Crippen molar-refractivity contribution in [2.24, 2.45) is 0 Å².